The Balaban J connectivity index is 0.792. The van der Waals surface area contributed by atoms with Crippen molar-refractivity contribution in [1.29, 1.82) is 5.26 Å². The van der Waals surface area contributed by atoms with Gasteiger partial charge < -0.3 is 29.7 Å². The number of piperidine rings is 2. The summed E-state index contributed by atoms with van der Waals surface area (Å²) < 4.78 is 20.9. The molecule has 5 heterocycles. The van der Waals surface area contributed by atoms with Crippen molar-refractivity contribution in [3.05, 3.63) is 77.1 Å². The number of amides is 6. The van der Waals surface area contributed by atoms with Crippen molar-refractivity contribution in [1.82, 2.24) is 20.0 Å². The number of methoxy groups -OCH3 is 1. The van der Waals surface area contributed by atoms with E-state index in [-0.39, 0.29) is 47.8 Å². The Labute approximate surface area is 348 Å². The summed E-state index contributed by atoms with van der Waals surface area (Å²) >= 11 is 0. The predicted octanol–water partition coefficient (Wildman–Crippen LogP) is 4.28. The van der Waals surface area contributed by atoms with Crippen molar-refractivity contribution < 1.29 is 33.1 Å². The Hall–Kier alpha value is -6.21. The molecule has 16 heteroatoms. The smallest absolute Gasteiger partial charge is 0.322 e. The normalized spacial score (nSPS) is 22.8. The molecule has 6 amide bonds. The number of anilines is 4. The van der Waals surface area contributed by atoms with Crippen LogP contribution in [-0.4, -0.2) is 128 Å². The third kappa shape index (κ3) is 7.93. The highest BCUT2D eigenvalue weighted by molar-refractivity contribution is 6.23. The SMILES string of the molecule is COc1cc(N2C[C@@H](C)N(C(=O)Nc3ccc(N4CCC(CN5CCN(c6ccc7c(c6)C(=O)N(C6CCC(=O)NC6=O)C7=O)CC5)CC4)cc3F)C[C@@H]2C)ccc1C#N. The minimum Gasteiger partial charge on any atom is -0.495 e. The summed E-state index contributed by atoms with van der Waals surface area (Å²) in [4.78, 5) is 75.7. The third-order valence-corrected chi connectivity index (χ3v) is 12.7. The maximum absolute atomic E-state index is 15.5. The van der Waals surface area contributed by atoms with Crippen LogP contribution in [-0.2, 0) is 9.59 Å². The number of benzene rings is 3. The molecule has 60 heavy (non-hydrogen) atoms. The molecule has 8 rings (SSSR count). The van der Waals surface area contributed by atoms with Crippen LogP contribution in [0, 0.1) is 23.1 Å². The first-order valence-electron chi connectivity index (χ1n) is 20.7. The maximum Gasteiger partial charge on any atom is 0.322 e. The molecular weight excluding hydrogens is 770 g/mol. The van der Waals surface area contributed by atoms with Gasteiger partial charge in [0.1, 0.15) is 23.7 Å². The van der Waals surface area contributed by atoms with Gasteiger partial charge in [-0.15, -0.1) is 0 Å². The van der Waals surface area contributed by atoms with Crippen molar-refractivity contribution in [3.8, 4) is 11.8 Å². The number of carbonyl (C=O) groups excluding carboxylic acids is 5. The van der Waals surface area contributed by atoms with Crippen LogP contribution in [0.15, 0.2) is 54.6 Å². The van der Waals surface area contributed by atoms with Crippen molar-refractivity contribution in [3.63, 3.8) is 0 Å². The van der Waals surface area contributed by atoms with Crippen LogP contribution < -0.4 is 30.1 Å². The minimum absolute atomic E-state index is 0.0233. The monoisotopic (exact) mass is 819 g/mol. The summed E-state index contributed by atoms with van der Waals surface area (Å²) in [7, 11) is 1.54. The van der Waals surface area contributed by atoms with Crippen LogP contribution >= 0.6 is 0 Å². The van der Waals surface area contributed by atoms with Gasteiger partial charge in [0, 0.05) is 101 Å². The second kappa shape index (κ2) is 16.8. The van der Waals surface area contributed by atoms with Gasteiger partial charge in [0.2, 0.25) is 11.8 Å². The van der Waals surface area contributed by atoms with E-state index in [1.165, 1.54) is 13.2 Å². The first-order chi connectivity index (χ1) is 28.9. The van der Waals surface area contributed by atoms with Crippen molar-refractivity contribution in [2.45, 2.75) is 57.7 Å². The zero-order valence-electron chi connectivity index (χ0n) is 34.2. The molecule has 5 aliphatic rings. The van der Waals surface area contributed by atoms with Crippen molar-refractivity contribution in [2.24, 2.45) is 5.92 Å². The van der Waals surface area contributed by atoms with Gasteiger partial charge in [-0.3, -0.25) is 34.3 Å². The van der Waals surface area contributed by atoms with E-state index in [1.807, 2.05) is 38.1 Å². The number of imide groups is 2. The summed E-state index contributed by atoms with van der Waals surface area (Å²) in [5.74, 6) is -1.50. The quantitative estimate of drug-likeness (QED) is 0.313. The summed E-state index contributed by atoms with van der Waals surface area (Å²) in [6.45, 7) is 10.8. The van der Waals surface area contributed by atoms with Gasteiger partial charge in [-0.1, -0.05) is 0 Å². The number of hydrogen-bond donors (Lipinski definition) is 2. The fourth-order valence-corrected chi connectivity index (χ4v) is 9.29. The predicted molar refractivity (Wildman–Crippen MR) is 223 cm³/mol. The van der Waals surface area contributed by atoms with Crippen molar-refractivity contribution >= 4 is 52.4 Å². The summed E-state index contributed by atoms with van der Waals surface area (Å²) in [5, 5.41) is 14.4. The molecule has 3 aromatic rings. The molecule has 4 fully saturated rings. The second-order valence-corrected chi connectivity index (χ2v) is 16.5. The number of carbonyl (C=O) groups is 5. The van der Waals surface area contributed by atoms with E-state index >= 15 is 4.39 Å². The lowest BCUT2D eigenvalue weighted by molar-refractivity contribution is -0.136. The molecule has 0 radical (unpaired) electrons. The average molecular weight is 820 g/mol. The number of piperazine rings is 2. The van der Waals surface area contributed by atoms with Crippen molar-refractivity contribution in [2.75, 3.05) is 86.0 Å². The number of nitriles is 1. The van der Waals surface area contributed by atoms with E-state index in [4.69, 9.17) is 4.74 Å². The Kier molecular flexibility index (Phi) is 11.4. The molecule has 0 aliphatic carbocycles. The number of rotatable bonds is 8. The van der Waals surface area contributed by atoms with E-state index < -0.39 is 35.5 Å². The summed E-state index contributed by atoms with van der Waals surface area (Å²) in [6, 6.07) is 16.4. The maximum atomic E-state index is 15.5. The number of urea groups is 1. The largest absolute Gasteiger partial charge is 0.495 e. The lowest BCUT2D eigenvalue weighted by atomic mass is 9.95. The zero-order chi connectivity index (χ0) is 42.2. The number of fused-ring (bicyclic) bond motifs is 1. The topological polar surface area (TPSA) is 162 Å². The highest BCUT2D eigenvalue weighted by atomic mass is 19.1. The zero-order valence-corrected chi connectivity index (χ0v) is 34.2. The van der Waals surface area contributed by atoms with Gasteiger partial charge in [-0.25, -0.2) is 9.18 Å². The van der Waals surface area contributed by atoms with Crippen LogP contribution in [0.1, 0.15) is 65.8 Å². The van der Waals surface area contributed by atoms with E-state index in [9.17, 15) is 29.2 Å². The van der Waals surface area contributed by atoms with Gasteiger partial charge in [0.15, 0.2) is 0 Å². The number of nitrogens with one attached hydrogen (secondary N) is 2. The molecule has 1 unspecified atom stereocenters. The molecule has 3 aromatic carbocycles. The van der Waals surface area contributed by atoms with Crippen LogP contribution in [0.5, 0.6) is 5.75 Å². The van der Waals surface area contributed by atoms with Gasteiger partial charge in [-0.2, -0.15) is 5.26 Å². The van der Waals surface area contributed by atoms with E-state index in [0.717, 1.165) is 80.6 Å². The summed E-state index contributed by atoms with van der Waals surface area (Å²) in [5.41, 5.74) is 3.73. The van der Waals surface area contributed by atoms with Crippen LogP contribution in [0.3, 0.4) is 0 Å². The van der Waals surface area contributed by atoms with Gasteiger partial charge >= 0.3 is 6.03 Å². The second-order valence-electron chi connectivity index (χ2n) is 16.5. The van der Waals surface area contributed by atoms with Gasteiger partial charge in [0.05, 0.1) is 29.5 Å². The average Bonchev–Trinajstić information content (AvgIpc) is 3.50. The van der Waals surface area contributed by atoms with Crippen LogP contribution in [0.25, 0.3) is 0 Å². The van der Waals surface area contributed by atoms with E-state index in [0.29, 0.717) is 30.3 Å². The Bertz CT molecular complexity index is 2250. The summed E-state index contributed by atoms with van der Waals surface area (Å²) in [6.07, 6.45) is 2.15. The van der Waals surface area contributed by atoms with E-state index in [1.54, 1.807) is 29.2 Å². The fraction of sp³-hybridized carbons (Fsp3) is 0.455. The number of ether oxygens (including phenoxy) is 1. The molecule has 314 valence electrons. The van der Waals surface area contributed by atoms with Gasteiger partial charge in [-0.05, 0) is 87.6 Å². The molecule has 0 bridgehead atoms. The minimum atomic E-state index is -0.989. The molecule has 4 saturated heterocycles. The Morgan fingerprint density at radius 1 is 0.833 bits per heavy atom. The molecule has 0 spiro atoms. The third-order valence-electron chi connectivity index (χ3n) is 12.7. The first-order valence-corrected chi connectivity index (χ1v) is 20.7. The van der Waals surface area contributed by atoms with Crippen LogP contribution in [0.2, 0.25) is 0 Å². The highest BCUT2D eigenvalue weighted by Gasteiger charge is 2.45. The lowest BCUT2D eigenvalue weighted by Gasteiger charge is -2.45. The molecule has 0 aromatic heterocycles. The standard InChI is InChI=1S/C44H50FN9O6/c1-27-25-53(28(2)24-52(27)33-5-4-30(23-46)39(22-33)60-3)44(59)47-37-9-7-32(21-36(37)45)50-14-12-29(13-15-50)26-49-16-18-51(19-17-49)31-6-8-34-35(20-31)43(58)54(42(34)57)38-10-11-40(55)48-41(38)56/h4-9,20-22,27-29,38H,10-19,24-26H2,1-3H3,(H,47,59)(H,48,55,56)/t27-,28+,38?/m0/s1. The number of hydrogen-bond acceptors (Lipinski definition) is 11. The number of nitrogens with zero attached hydrogens (tertiary/aromatic N) is 7. The Morgan fingerprint density at radius 3 is 2.22 bits per heavy atom. The van der Waals surface area contributed by atoms with Gasteiger partial charge in [0.25, 0.3) is 11.8 Å². The molecule has 15 nitrogen and oxygen atoms in total. The first kappa shape index (κ1) is 40.6. The molecule has 3 atom stereocenters. The van der Waals surface area contributed by atoms with E-state index in [2.05, 4.69) is 36.3 Å². The molecule has 0 saturated carbocycles. The van der Waals surface area contributed by atoms with Crippen LogP contribution in [0.4, 0.5) is 31.9 Å². The molecular formula is C44H50FN9O6. The molecule has 5 aliphatic heterocycles. The lowest BCUT2D eigenvalue weighted by Crippen LogP contribution is -2.59. The molecule has 2 N–H and O–H groups in total. The number of halogens is 1. The highest BCUT2D eigenvalue weighted by Crippen LogP contribution is 2.33. The Morgan fingerprint density at radius 2 is 1.52 bits per heavy atom. The fourth-order valence-electron chi connectivity index (χ4n) is 9.29.